The number of carbonyl (C=O) groups excluding carboxylic acids is 1. The molecule has 0 unspecified atom stereocenters. The largest absolute Gasteiger partial charge is 0.368 e. The number of thiophene rings is 1. The van der Waals surface area contributed by atoms with Crippen LogP contribution in [0.2, 0.25) is 0 Å². The van der Waals surface area contributed by atoms with Crippen molar-refractivity contribution in [2.75, 3.05) is 0 Å². The second-order valence-corrected chi connectivity index (χ2v) is 4.78. The van der Waals surface area contributed by atoms with Crippen LogP contribution in [0.1, 0.15) is 0 Å². The molecule has 6 nitrogen and oxygen atoms in total. The normalized spacial score (nSPS) is 11.1. The zero-order valence-electron chi connectivity index (χ0n) is 9.16. The van der Waals surface area contributed by atoms with Gasteiger partial charge in [-0.3, -0.25) is 14.2 Å². The predicted octanol–water partition coefficient (Wildman–Crippen LogP) is 0.491. The molecule has 0 aliphatic heterocycles. The lowest BCUT2D eigenvalue weighted by Crippen LogP contribution is -2.27. The molecule has 3 heterocycles. The molecule has 0 saturated heterocycles. The summed E-state index contributed by atoms with van der Waals surface area (Å²) in [7, 11) is 0. The van der Waals surface area contributed by atoms with E-state index in [0.717, 1.165) is 10.2 Å². The van der Waals surface area contributed by atoms with E-state index >= 15 is 0 Å². The third-order valence-corrected chi connectivity index (χ3v) is 3.64. The van der Waals surface area contributed by atoms with Crippen molar-refractivity contribution in [1.82, 2.24) is 14.5 Å². The van der Waals surface area contributed by atoms with Gasteiger partial charge in [0.2, 0.25) is 5.91 Å². The lowest BCUT2D eigenvalue weighted by Gasteiger charge is -2.00. The van der Waals surface area contributed by atoms with Crippen molar-refractivity contribution in [3.8, 4) is 0 Å². The lowest BCUT2D eigenvalue weighted by atomic mass is 10.3. The van der Waals surface area contributed by atoms with Gasteiger partial charge >= 0.3 is 0 Å². The average Bonchev–Trinajstić information content (AvgIpc) is 2.72. The predicted molar refractivity (Wildman–Crippen MR) is 68.4 cm³/mol. The number of primary amides is 1. The molecule has 0 aromatic carbocycles. The first-order valence-electron chi connectivity index (χ1n) is 5.18. The zero-order chi connectivity index (χ0) is 12.7. The highest BCUT2D eigenvalue weighted by atomic mass is 32.1. The van der Waals surface area contributed by atoms with Crippen molar-refractivity contribution >= 4 is 37.7 Å². The van der Waals surface area contributed by atoms with Crippen LogP contribution in [0.3, 0.4) is 0 Å². The summed E-state index contributed by atoms with van der Waals surface area (Å²) in [6.07, 6.45) is 3.01. The van der Waals surface area contributed by atoms with Crippen molar-refractivity contribution in [3.63, 3.8) is 0 Å². The molecule has 0 aliphatic rings. The van der Waals surface area contributed by atoms with Crippen molar-refractivity contribution in [1.29, 1.82) is 0 Å². The monoisotopic (exact) mass is 260 g/mol. The number of rotatable bonds is 2. The molecule has 3 aromatic rings. The zero-order valence-corrected chi connectivity index (χ0v) is 9.98. The van der Waals surface area contributed by atoms with E-state index in [1.165, 1.54) is 22.2 Å². The molecule has 0 atom stereocenters. The molecule has 3 rings (SSSR count). The van der Waals surface area contributed by atoms with Crippen LogP contribution in [0.25, 0.3) is 20.4 Å². The molecule has 0 spiro atoms. The minimum atomic E-state index is -0.572. The maximum Gasteiger partial charge on any atom is 0.271 e. The van der Waals surface area contributed by atoms with Gasteiger partial charge in [0.25, 0.3) is 5.56 Å². The summed E-state index contributed by atoms with van der Waals surface area (Å²) in [6, 6.07) is 3.66. The van der Waals surface area contributed by atoms with E-state index in [1.807, 2.05) is 6.07 Å². The summed E-state index contributed by atoms with van der Waals surface area (Å²) in [6.45, 7) is -0.163. The summed E-state index contributed by atoms with van der Waals surface area (Å²) in [4.78, 5) is 32.1. The summed E-state index contributed by atoms with van der Waals surface area (Å²) in [5.74, 6) is -0.572. The van der Waals surface area contributed by atoms with Gasteiger partial charge < -0.3 is 5.73 Å². The molecule has 90 valence electrons. The smallest absolute Gasteiger partial charge is 0.271 e. The highest BCUT2D eigenvalue weighted by molar-refractivity contribution is 7.25. The molecule has 0 aliphatic carbocycles. The van der Waals surface area contributed by atoms with Crippen molar-refractivity contribution in [2.45, 2.75) is 6.54 Å². The molecule has 3 aromatic heterocycles. The maximum atomic E-state index is 12.1. The number of pyridine rings is 1. The standard InChI is InChI=1S/C11H8N4O2S/c12-7(16)4-15-5-14-8-6-2-1-3-13-10(6)18-9(8)11(15)17/h1-3,5H,4H2,(H2,12,16). The Labute approximate surface area is 105 Å². The van der Waals surface area contributed by atoms with E-state index < -0.39 is 5.91 Å². The van der Waals surface area contributed by atoms with Crippen LogP contribution in [0.4, 0.5) is 0 Å². The van der Waals surface area contributed by atoms with Crippen LogP contribution in [-0.2, 0) is 11.3 Å². The second-order valence-electron chi connectivity index (χ2n) is 3.78. The molecule has 2 N–H and O–H groups in total. The number of hydrogen-bond donors (Lipinski definition) is 1. The molecular formula is C11H8N4O2S. The van der Waals surface area contributed by atoms with E-state index in [1.54, 1.807) is 12.3 Å². The SMILES string of the molecule is NC(=O)Cn1cnc2c(sc3ncccc32)c1=O. The topological polar surface area (TPSA) is 90.9 Å². The van der Waals surface area contributed by atoms with Gasteiger partial charge in [0, 0.05) is 11.6 Å². The Balaban J connectivity index is 2.35. The lowest BCUT2D eigenvalue weighted by molar-refractivity contribution is -0.118. The minimum Gasteiger partial charge on any atom is -0.368 e. The van der Waals surface area contributed by atoms with Crippen molar-refractivity contribution in [2.24, 2.45) is 5.73 Å². The van der Waals surface area contributed by atoms with Gasteiger partial charge in [-0.15, -0.1) is 11.3 Å². The fraction of sp³-hybridized carbons (Fsp3) is 0.0909. The second kappa shape index (κ2) is 3.88. The molecule has 7 heteroatoms. The highest BCUT2D eigenvalue weighted by Crippen LogP contribution is 2.27. The van der Waals surface area contributed by atoms with Crippen molar-refractivity contribution < 1.29 is 4.79 Å². The Morgan fingerprint density at radius 3 is 3.06 bits per heavy atom. The van der Waals surface area contributed by atoms with Crippen LogP contribution >= 0.6 is 11.3 Å². The number of hydrogen-bond acceptors (Lipinski definition) is 5. The molecule has 0 radical (unpaired) electrons. The van der Waals surface area contributed by atoms with Gasteiger partial charge in [0.15, 0.2) is 0 Å². The fourth-order valence-corrected chi connectivity index (χ4v) is 2.83. The van der Waals surface area contributed by atoms with Gasteiger partial charge in [-0.05, 0) is 12.1 Å². The molecule has 18 heavy (non-hydrogen) atoms. The molecule has 0 bridgehead atoms. The van der Waals surface area contributed by atoms with Crippen LogP contribution < -0.4 is 11.3 Å². The van der Waals surface area contributed by atoms with Crippen LogP contribution in [-0.4, -0.2) is 20.4 Å². The Morgan fingerprint density at radius 1 is 1.44 bits per heavy atom. The first kappa shape index (κ1) is 10.8. The molecule has 1 amide bonds. The summed E-state index contributed by atoms with van der Waals surface area (Å²) >= 11 is 1.27. The number of nitrogens with zero attached hydrogens (tertiary/aromatic N) is 3. The third-order valence-electron chi connectivity index (χ3n) is 2.55. The minimum absolute atomic E-state index is 0.163. The van der Waals surface area contributed by atoms with Gasteiger partial charge in [0.1, 0.15) is 16.1 Å². The maximum absolute atomic E-state index is 12.1. The summed E-state index contributed by atoms with van der Waals surface area (Å²) < 4.78 is 1.70. The van der Waals surface area contributed by atoms with Gasteiger partial charge in [-0.1, -0.05) is 0 Å². The first-order valence-corrected chi connectivity index (χ1v) is 5.99. The molecule has 0 fully saturated rings. The van der Waals surface area contributed by atoms with Crippen LogP contribution in [0.15, 0.2) is 29.5 Å². The fourth-order valence-electron chi connectivity index (χ4n) is 1.78. The molecular weight excluding hydrogens is 252 g/mol. The Kier molecular flexibility index (Phi) is 2.34. The molecule has 0 saturated carbocycles. The highest BCUT2D eigenvalue weighted by Gasteiger charge is 2.12. The summed E-state index contributed by atoms with van der Waals surface area (Å²) in [5, 5.41) is 0.848. The number of carbonyl (C=O) groups is 1. The summed E-state index contributed by atoms with van der Waals surface area (Å²) in [5.41, 5.74) is 5.43. The number of amides is 1. The van der Waals surface area contributed by atoms with Crippen molar-refractivity contribution in [3.05, 3.63) is 35.0 Å². The third kappa shape index (κ3) is 1.56. The van der Waals surface area contributed by atoms with Gasteiger partial charge in [-0.2, -0.15) is 0 Å². The van der Waals surface area contributed by atoms with E-state index in [9.17, 15) is 9.59 Å². The van der Waals surface area contributed by atoms with E-state index in [4.69, 9.17) is 5.73 Å². The number of aromatic nitrogens is 3. The van der Waals surface area contributed by atoms with Gasteiger partial charge in [-0.25, -0.2) is 9.97 Å². The average molecular weight is 260 g/mol. The number of fused-ring (bicyclic) bond motifs is 3. The Bertz CT molecular complexity index is 821. The Hall–Kier alpha value is -2.28. The Morgan fingerprint density at radius 2 is 2.28 bits per heavy atom. The van der Waals surface area contributed by atoms with Crippen LogP contribution in [0.5, 0.6) is 0 Å². The quantitative estimate of drug-likeness (QED) is 0.726. The van der Waals surface area contributed by atoms with E-state index in [2.05, 4.69) is 9.97 Å². The van der Waals surface area contributed by atoms with Crippen LogP contribution in [0, 0.1) is 0 Å². The first-order chi connectivity index (χ1) is 8.66. The van der Waals surface area contributed by atoms with E-state index in [-0.39, 0.29) is 12.1 Å². The van der Waals surface area contributed by atoms with E-state index in [0.29, 0.717) is 10.2 Å². The number of nitrogens with two attached hydrogens (primary N) is 1. The van der Waals surface area contributed by atoms with Gasteiger partial charge in [0.05, 0.1) is 11.8 Å².